The van der Waals surface area contributed by atoms with Crippen LogP contribution >= 0.6 is 11.5 Å². The highest BCUT2D eigenvalue weighted by Crippen LogP contribution is 2.43. The number of anilines is 1. The minimum absolute atomic E-state index is 0.103. The number of nitrogens with one attached hydrogen (secondary N) is 1. The highest BCUT2D eigenvalue weighted by Gasteiger charge is 2.45. The molecule has 2 N–H and O–H groups in total. The molecule has 0 aliphatic carbocycles. The Bertz CT molecular complexity index is 1660. The Morgan fingerprint density at radius 3 is 2.70 bits per heavy atom. The molecule has 0 radical (unpaired) electrons. The molecule has 6 heterocycles. The van der Waals surface area contributed by atoms with E-state index in [1.54, 1.807) is 12.1 Å². The molecule has 2 atom stereocenters. The standard InChI is InChI=1S/C31H32N6O2S/c1-2-19-6-3-7-20-14-23(38)15-24(25(19)20)26-27-28(40-35-26)29(36-16-21-8-9-22(17-36)32-21)34-30(33-27)39-18-31-10-4-12-37(31)13-5-11-31/h1,3,6-7,14-15,21-22,32,38H,4-5,8-13,16-18H2. The van der Waals surface area contributed by atoms with Gasteiger partial charge in [-0.2, -0.15) is 14.3 Å². The zero-order valence-corrected chi connectivity index (χ0v) is 23.2. The van der Waals surface area contributed by atoms with Crippen LogP contribution in [0.1, 0.15) is 44.1 Å². The summed E-state index contributed by atoms with van der Waals surface area (Å²) >= 11 is 1.41. The highest BCUT2D eigenvalue weighted by atomic mass is 32.1. The van der Waals surface area contributed by atoms with Gasteiger partial charge in [0.1, 0.15) is 28.3 Å². The van der Waals surface area contributed by atoms with Crippen molar-refractivity contribution in [3.8, 4) is 35.4 Å². The van der Waals surface area contributed by atoms with Crippen molar-refractivity contribution >= 4 is 38.3 Å². The monoisotopic (exact) mass is 552 g/mol. The van der Waals surface area contributed by atoms with Crippen LogP contribution in [0.3, 0.4) is 0 Å². The molecule has 4 aliphatic rings. The van der Waals surface area contributed by atoms with Gasteiger partial charge >= 0.3 is 6.01 Å². The molecular formula is C31H32N6O2S. The molecule has 9 heteroatoms. The van der Waals surface area contributed by atoms with Crippen molar-refractivity contribution in [1.82, 2.24) is 24.6 Å². The average Bonchev–Trinajstić information content (AvgIpc) is 3.73. The number of hydrogen-bond acceptors (Lipinski definition) is 9. The summed E-state index contributed by atoms with van der Waals surface area (Å²) in [4.78, 5) is 15.0. The van der Waals surface area contributed by atoms with Crippen molar-refractivity contribution in [2.45, 2.75) is 56.1 Å². The number of aromatic hydroxyl groups is 1. The molecule has 4 fully saturated rings. The Labute approximate surface area is 237 Å². The molecule has 8 rings (SSSR count). The van der Waals surface area contributed by atoms with Crippen LogP contribution in [0.5, 0.6) is 11.8 Å². The van der Waals surface area contributed by atoms with E-state index in [4.69, 9.17) is 25.5 Å². The number of fused-ring (bicyclic) bond motifs is 5. The second-order valence-electron chi connectivity index (χ2n) is 11.8. The van der Waals surface area contributed by atoms with Crippen LogP contribution in [0.4, 0.5) is 5.82 Å². The molecule has 4 aromatic rings. The van der Waals surface area contributed by atoms with Gasteiger partial charge in [0, 0.05) is 41.7 Å². The lowest BCUT2D eigenvalue weighted by Gasteiger charge is -2.34. The number of nitrogens with zero attached hydrogens (tertiary/aromatic N) is 5. The second-order valence-corrected chi connectivity index (χ2v) is 12.6. The maximum absolute atomic E-state index is 10.7. The molecule has 0 amide bonds. The first-order chi connectivity index (χ1) is 19.6. The number of ether oxygens (including phenoxy) is 1. The Kier molecular flexibility index (Phi) is 5.66. The number of phenols is 1. The number of hydrogen-bond donors (Lipinski definition) is 2. The Balaban J connectivity index is 1.27. The molecule has 4 saturated heterocycles. The van der Waals surface area contributed by atoms with Gasteiger partial charge in [-0.15, -0.1) is 6.42 Å². The third-order valence-corrected chi connectivity index (χ3v) is 10.3. The SMILES string of the molecule is C#Cc1cccc2cc(O)cc(-c3nsc4c(N5CC6CCC(C5)N6)nc(OCC56CCCN5CCC6)nc34)c12. The van der Waals surface area contributed by atoms with E-state index in [0.717, 1.165) is 64.1 Å². The number of rotatable bonds is 5. The summed E-state index contributed by atoms with van der Waals surface area (Å²) in [5.41, 5.74) is 3.10. The molecule has 0 spiro atoms. The highest BCUT2D eigenvalue weighted by molar-refractivity contribution is 7.14. The normalized spacial score (nSPS) is 23.6. The van der Waals surface area contributed by atoms with E-state index in [9.17, 15) is 5.11 Å². The molecule has 2 bridgehead atoms. The number of phenolic OH excluding ortho intramolecular Hbond substituents is 1. The lowest BCUT2D eigenvalue weighted by Crippen LogP contribution is -2.51. The maximum Gasteiger partial charge on any atom is 0.319 e. The van der Waals surface area contributed by atoms with Crippen molar-refractivity contribution in [3.05, 3.63) is 35.9 Å². The van der Waals surface area contributed by atoms with Crippen molar-refractivity contribution in [1.29, 1.82) is 0 Å². The quantitative estimate of drug-likeness (QED) is 0.349. The first kappa shape index (κ1) is 24.4. The van der Waals surface area contributed by atoms with Gasteiger partial charge in [0.2, 0.25) is 0 Å². The van der Waals surface area contributed by atoms with Gasteiger partial charge in [-0.05, 0) is 86.7 Å². The van der Waals surface area contributed by atoms with Crippen molar-refractivity contribution in [3.63, 3.8) is 0 Å². The lowest BCUT2D eigenvalue weighted by molar-refractivity contribution is 0.108. The van der Waals surface area contributed by atoms with Crippen LogP contribution < -0.4 is 15.0 Å². The van der Waals surface area contributed by atoms with Crippen LogP contribution in [-0.4, -0.2) is 74.8 Å². The van der Waals surface area contributed by atoms with Crippen LogP contribution in [0.25, 0.3) is 32.2 Å². The van der Waals surface area contributed by atoms with E-state index >= 15 is 0 Å². The molecular weight excluding hydrogens is 520 g/mol. The van der Waals surface area contributed by atoms with E-state index < -0.39 is 0 Å². The van der Waals surface area contributed by atoms with Crippen molar-refractivity contribution < 1.29 is 9.84 Å². The maximum atomic E-state index is 10.7. The smallest absolute Gasteiger partial charge is 0.319 e. The fourth-order valence-corrected chi connectivity index (χ4v) is 8.45. The minimum Gasteiger partial charge on any atom is -0.508 e. The van der Waals surface area contributed by atoms with Gasteiger partial charge in [-0.3, -0.25) is 4.90 Å². The first-order valence-corrected chi connectivity index (χ1v) is 15.2. The van der Waals surface area contributed by atoms with E-state index in [0.29, 0.717) is 30.4 Å². The molecule has 8 nitrogen and oxygen atoms in total. The van der Waals surface area contributed by atoms with E-state index in [1.165, 1.54) is 50.1 Å². The zero-order valence-electron chi connectivity index (χ0n) is 22.4. The summed E-state index contributed by atoms with van der Waals surface area (Å²) in [7, 11) is 0. The summed E-state index contributed by atoms with van der Waals surface area (Å²) in [6.07, 6.45) is 13.1. The Morgan fingerprint density at radius 2 is 1.93 bits per heavy atom. The molecule has 204 valence electrons. The van der Waals surface area contributed by atoms with Crippen molar-refractivity contribution in [2.75, 3.05) is 37.7 Å². The summed E-state index contributed by atoms with van der Waals surface area (Å²) < 4.78 is 12.4. The predicted octanol–water partition coefficient (Wildman–Crippen LogP) is 4.54. The van der Waals surface area contributed by atoms with Gasteiger partial charge in [0.05, 0.1) is 5.54 Å². The van der Waals surface area contributed by atoms with Crippen LogP contribution in [-0.2, 0) is 0 Å². The number of aromatic nitrogens is 3. The van der Waals surface area contributed by atoms with Crippen LogP contribution in [0, 0.1) is 12.3 Å². The van der Waals surface area contributed by atoms with E-state index in [2.05, 4.69) is 21.0 Å². The molecule has 2 aromatic heterocycles. The summed E-state index contributed by atoms with van der Waals surface area (Å²) in [6, 6.07) is 10.7. The second kappa shape index (κ2) is 9.30. The van der Waals surface area contributed by atoms with Gasteiger partial charge in [-0.25, -0.2) is 0 Å². The summed E-state index contributed by atoms with van der Waals surface area (Å²) in [6.45, 7) is 4.72. The zero-order chi connectivity index (χ0) is 26.8. The molecule has 0 saturated carbocycles. The average molecular weight is 553 g/mol. The first-order valence-electron chi connectivity index (χ1n) is 14.4. The number of benzene rings is 2. The predicted molar refractivity (Wildman–Crippen MR) is 158 cm³/mol. The number of piperazine rings is 1. The fourth-order valence-electron chi connectivity index (χ4n) is 7.60. The largest absolute Gasteiger partial charge is 0.508 e. The fraction of sp³-hybridized carbons (Fsp3) is 0.452. The topological polar surface area (TPSA) is 86.6 Å². The Morgan fingerprint density at radius 1 is 1.12 bits per heavy atom. The van der Waals surface area contributed by atoms with Gasteiger partial charge < -0.3 is 20.1 Å². The van der Waals surface area contributed by atoms with Crippen molar-refractivity contribution in [2.24, 2.45) is 0 Å². The van der Waals surface area contributed by atoms with Crippen LogP contribution in [0.2, 0.25) is 0 Å². The third kappa shape index (κ3) is 3.85. The van der Waals surface area contributed by atoms with Gasteiger partial charge in [0.15, 0.2) is 5.82 Å². The van der Waals surface area contributed by atoms with Gasteiger partial charge in [-0.1, -0.05) is 18.1 Å². The van der Waals surface area contributed by atoms with Crippen LogP contribution in [0.15, 0.2) is 30.3 Å². The summed E-state index contributed by atoms with van der Waals surface area (Å²) in [5.74, 6) is 3.89. The third-order valence-electron chi connectivity index (χ3n) is 9.45. The molecule has 2 unspecified atom stereocenters. The van der Waals surface area contributed by atoms with Gasteiger partial charge in [0.25, 0.3) is 0 Å². The van der Waals surface area contributed by atoms with E-state index in [-0.39, 0.29) is 11.3 Å². The molecule has 40 heavy (non-hydrogen) atoms. The number of terminal acetylenes is 1. The summed E-state index contributed by atoms with van der Waals surface area (Å²) in [5, 5.41) is 16.2. The Hall–Kier alpha value is -3.45. The molecule has 2 aromatic carbocycles. The lowest BCUT2D eigenvalue weighted by atomic mass is 9.95. The van der Waals surface area contributed by atoms with E-state index in [1.807, 2.05) is 18.2 Å². The minimum atomic E-state index is 0.103. The molecule has 4 aliphatic heterocycles.